The van der Waals surface area contributed by atoms with Crippen LogP contribution in [0.2, 0.25) is 0 Å². The zero-order valence-corrected chi connectivity index (χ0v) is 9.56. The number of aromatic nitrogens is 2. The van der Waals surface area contributed by atoms with Crippen LogP contribution < -0.4 is 5.32 Å². The van der Waals surface area contributed by atoms with Crippen molar-refractivity contribution in [3.05, 3.63) is 48.5 Å². The first-order valence-corrected chi connectivity index (χ1v) is 5.61. The number of aryl methyl sites for hydroxylation is 2. The van der Waals surface area contributed by atoms with E-state index in [0.29, 0.717) is 0 Å². The molecule has 1 aromatic heterocycles. The summed E-state index contributed by atoms with van der Waals surface area (Å²) in [5, 5.41) is 3.40. The molecule has 2 aromatic rings. The molecule has 1 aromatic carbocycles. The lowest BCUT2D eigenvalue weighted by Crippen LogP contribution is -2.05. The molecule has 0 aliphatic carbocycles. The summed E-state index contributed by atoms with van der Waals surface area (Å²) in [4.78, 5) is 4.01. The molecule has 1 heterocycles. The van der Waals surface area contributed by atoms with Gasteiger partial charge in [-0.15, -0.1) is 0 Å². The predicted octanol–water partition coefficient (Wildman–Crippen LogP) is 2.69. The number of nitrogens with one attached hydrogen (secondary N) is 1. The van der Waals surface area contributed by atoms with Crippen molar-refractivity contribution in [2.24, 2.45) is 0 Å². The van der Waals surface area contributed by atoms with Crippen molar-refractivity contribution in [2.75, 3.05) is 11.9 Å². The minimum absolute atomic E-state index is 0.987. The Morgan fingerprint density at radius 3 is 2.75 bits per heavy atom. The zero-order chi connectivity index (χ0) is 11.2. The molecule has 3 nitrogen and oxygen atoms in total. The van der Waals surface area contributed by atoms with Crippen LogP contribution in [0, 0.1) is 6.92 Å². The van der Waals surface area contributed by atoms with Gasteiger partial charge in [0.25, 0.3) is 0 Å². The summed E-state index contributed by atoms with van der Waals surface area (Å²) in [5.41, 5.74) is 2.49. The summed E-state index contributed by atoms with van der Waals surface area (Å²) >= 11 is 0. The van der Waals surface area contributed by atoms with Gasteiger partial charge in [0.15, 0.2) is 0 Å². The highest BCUT2D eigenvalue weighted by atomic mass is 15.0. The smallest absolute Gasteiger partial charge is 0.0945 e. The van der Waals surface area contributed by atoms with Crippen LogP contribution in [0.25, 0.3) is 0 Å². The molecule has 84 valence electrons. The highest BCUT2D eigenvalue weighted by Gasteiger charge is 1.92. The maximum Gasteiger partial charge on any atom is 0.0945 e. The molecular weight excluding hydrogens is 198 g/mol. The van der Waals surface area contributed by atoms with Crippen molar-refractivity contribution in [2.45, 2.75) is 19.9 Å². The second-order valence-electron chi connectivity index (χ2n) is 3.95. The molecule has 1 N–H and O–H groups in total. The Morgan fingerprint density at radius 2 is 2.06 bits per heavy atom. The highest BCUT2D eigenvalue weighted by Crippen LogP contribution is 2.08. The van der Waals surface area contributed by atoms with E-state index in [1.807, 2.05) is 18.7 Å². The molecule has 0 bridgehead atoms. The van der Waals surface area contributed by atoms with E-state index in [2.05, 4.69) is 46.1 Å². The summed E-state index contributed by atoms with van der Waals surface area (Å²) in [6.45, 7) is 4.10. The minimum Gasteiger partial charge on any atom is -0.385 e. The van der Waals surface area contributed by atoms with Gasteiger partial charge < -0.3 is 9.88 Å². The largest absolute Gasteiger partial charge is 0.385 e. The molecule has 0 saturated heterocycles. The fourth-order valence-electron chi connectivity index (χ4n) is 1.58. The Balaban J connectivity index is 1.70. The van der Waals surface area contributed by atoms with Gasteiger partial charge in [-0.25, -0.2) is 4.98 Å². The van der Waals surface area contributed by atoms with Gasteiger partial charge >= 0.3 is 0 Å². The molecule has 2 rings (SSSR count). The second-order valence-corrected chi connectivity index (χ2v) is 3.95. The average molecular weight is 215 g/mol. The van der Waals surface area contributed by atoms with Crippen LogP contribution in [-0.4, -0.2) is 16.1 Å². The van der Waals surface area contributed by atoms with Gasteiger partial charge in [0, 0.05) is 31.2 Å². The van der Waals surface area contributed by atoms with Crippen LogP contribution in [0.3, 0.4) is 0 Å². The Labute approximate surface area is 96.1 Å². The van der Waals surface area contributed by atoms with E-state index in [1.54, 1.807) is 0 Å². The van der Waals surface area contributed by atoms with E-state index in [-0.39, 0.29) is 0 Å². The molecule has 0 fully saturated rings. The molecule has 0 radical (unpaired) electrons. The van der Waals surface area contributed by atoms with E-state index in [4.69, 9.17) is 0 Å². The lowest BCUT2D eigenvalue weighted by molar-refractivity contribution is 0.661. The van der Waals surface area contributed by atoms with Crippen molar-refractivity contribution in [1.82, 2.24) is 9.55 Å². The lowest BCUT2D eigenvalue weighted by Gasteiger charge is -2.06. The van der Waals surface area contributed by atoms with Crippen molar-refractivity contribution >= 4 is 5.69 Å². The molecule has 0 aliphatic heterocycles. The Kier molecular flexibility index (Phi) is 3.59. The van der Waals surface area contributed by atoms with E-state index in [1.165, 1.54) is 11.3 Å². The van der Waals surface area contributed by atoms with E-state index < -0.39 is 0 Å². The first-order valence-electron chi connectivity index (χ1n) is 5.61. The Hall–Kier alpha value is -1.77. The normalized spacial score (nSPS) is 10.3. The molecule has 0 amide bonds. The number of hydrogen-bond donors (Lipinski definition) is 1. The zero-order valence-electron chi connectivity index (χ0n) is 9.56. The van der Waals surface area contributed by atoms with Crippen LogP contribution in [-0.2, 0) is 6.54 Å². The van der Waals surface area contributed by atoms with Crippen LogP contribution in [0.1, 0.15) is 12.0 Å². The van der Waals surface area contributed by atoms with Gasteiger partial charge in [-0.2, -0.15) is 0 Å². The maximum absolute atomic E-state index is 4.01. The average Bonchev–Trinajstić information content (AvgIpc) is 2.80. The summed E-state index contributed by atoms with van der Waals surface area (Å²) in [5.74, 6) is 0. The van der Waals surface area contributed by atoms with E-state index in [9.17, 15) is 0 Å². The topological polar surface area (TPSA) is 29.9 Å². The number of imidazole rings is 1. The summed E-state index contributed by atoms with van der Waals surface area (Å²) in [6.07, 6.45) is 6.76. The highest BCUT2D eigenvalue weighted by molar-refractivity contribution is 5.44. The molecule has 0 unspecified atom stereocenters. The number of rotatable bonds is 5. The summed E-state index contributed by atoms with van der Waals surface area (Å²) in [6, 6.07) is 8.48. The molecule has 3 heteroatoms. The standard InChI is InChI=1S/C13H17N3/c1-12-3-5-13(6-4-12)15-7-2-9-16-10-8-14-11-16/h3-6,8,10-11,15H,2,7,9H2,1H3. The minimum atomic E-state index is 0.987. The predicted molar refractivity (Wildman–Crippen MR) is 66.5 cm³/mol. The molecule has 0 atom stereocenters. The van der Waals surface area contributed by atoms with Crippen LogP contribution in [0.15, 0.2) is 43.0 Å². The number of benzene rings is 1. The number of anilines is 1. The third-order valence-corrected chi connectivity index (χ3v) is 2.53. The van der Waals surface area contributed by atoms with Crippen LogP contribution in [0.5, 0.6) is 0 Å². The quantitative estimate of drug-likeness (QED) is 0.777. The summed E-state index contributed by atoms with van der Waals surface area (Å²) < 4.78 is 2.09. The van der Waals surface area contributed by atoms with Crippen molar-refractivity contribution in [3.63, 3.8) is 0 Å². The van der Waals surface area contributed by atoms with Gasteiger partial charge in [0.05, 0.1) is 6.33 Å². The first kappa shape index (κ1) is 10.7. The number of nitrogens with zero attached hydrogens (tertiary/aromatic N) is 2. The van der Waals surface area contributed by atoms with Crippen LogP contribution in [0.4, 0.5) is 5.69 Å². The first-order chi connectivity index (χ1) is 7.84. The molecule has 0 saturated carbocycles. The van der Waals surface area contributed by atoms with Crippen molar-refractivity contribution in [3.8, 4) is 0 Å². The van der Waals surface area contributed by atoms with Gasteiger partial charge in [-0.05, 0) is 25.5 Å². The van der Waals surface area contributed by atoms with Crippen molar-refractivity contribution in [1.29, 1.82) is 0 Å². The molecule has 0 spiro atoms. The molecular formula is C13H17N3. The van der Waals surface area contributed by atoms with E-state index in [0.717, 1.165) is 19.5 Å². The molecule has 0 aliphatic rings. The fourth-order valence-corrected chi connectivity index (χ4v) is 1.58. The van der Waals surface area contributed by atoms with Crippen molar-refractivity contribution < 1.29 is 0 Å². The fraction of sp³-hybridized carbons (Fsp3) is 0.308. The van der Waals surface area contributed by atoms with Gasteiger partial charge in [-0.1, -0.05) is 17.7 Å². The maximum atomic E-state index is 4.01. The third-order valence-electron chi connectivity index (χ3n) is 2.53. The van der Waals surface area contributed by atoms with Gasteiger partial charge in [0.2, 0.25) is 0 Å². The number of hydrogen-bond acceptors (Lipinski definition) is 2. The second kappa shape index (κ2) is 5.35. The van der Waals surface area contributed by atoms with Gasteiger partial charge in [-0.3, -0.25) is 0 Å². The van der Waals surface area contributed by atoms with Gasteiger partial charge in [0.1, 0.15) is 0 Å². The monoisotopic (exact) mass is 215 g/mol. The Bertz CT molecular complexity index is 403. The van der Waals surface area contributed by atoms with Crippen LogP contribution >= 0.6 is 0 Å². The lowest BCUT2D eigenvalue weighted by atomic mass is 10.2. The molecule has 16 heavy (non-hydrogen) atoms. The third kappa shape index (κ3) is 3.12. The van der Waals surface area contributed by atoms with E-state index >= 15 is 0 Å². The summed E-state index contributed by atoms with van der Waals surface area (Å²) in [7, 11) is 0. The Morgan fingerprint density at radius 1 is 1.25 bits per heavy atom. The SMILES string of the molecule is Cc1ccc(NCCCn2ccnc2)cc1.